The number of fused-ring (bicyclic) bond motifs is 1. The van der Waals surface area contributed by atoms with E-state index in [1.165, 1.54) is 27.6 Å². The van der Waals surface area contributed by atoms with E-state index in [1.807, 2.05) is 5.38 Å². The zero-order valence-electron chi connectivity index (χ0n) is 19.0. The predicted molar refractivity (Wildman–Crippen MR) is 131 cm³/mol. The summed E-state index contributed by atoms with van der Waals surface area (Å²) >= 11 is 2.64. The van der Waals surface area contributed by atoms with Gasteiger partial charge in [0.2, 0.25) is 17.0 Å². The maximum absolute atomic E-state index is 12.7. The molecular weight excluding hydrogens is 476 g/mol. The number of rotatable bonds is 5. The zero-order valence-corrected chi connectivity index (χ0v) is 20.7. The monoisotopic (exact) mass is 502 g/mol. The summed E-state index contributed by atoms with van der Waals surface area (Å²) in [4.78, 5) is 27.0. The molecule has 34 heavy (non-hydrogen) atoms. The third-order valence-corrected chi connectivity index (χ3v) is 8.30. The van der Waals surface area contributed by atoms with Crippen molar-refractivity contribution in [1.82, 2.24) is 25.1 Å². The van der Waals surface area contributed by atoms with E-state index in [9.17, 15) is 15.0 Å². The van der Waals surface area contributed by atoms with Crippen molar-refractivity contribution in [3.05, 3.63) is 28.9 Å². The predicted octanol–water partition coefficient (Wildman–Crippen LogP) is 1.87. The molecule has 1 amide bonds. The highest BCUT2D eigenvalue weighted by Crippen LogP contribution is 2.42. The minimum Gasteiger partial charge on any atom is -0.374 e. The Morgan fingerprint density at radius 1 is 1.24 bits per heavy atom. The number of nitrogens with zero attached hydrogens (tertiary/aromatic N) is 7. The van der Waals surface area contributed by atoms with E-state index < -0.39 is 12.6 Å². The molecule has 0 radical (unpaired) electrons. The van der Waals surface area contributed by atoms with Crippen LogP contribution in [0.4, 0.5) is 16.1 Å². The second kappa shape index (κ2) is 9.15. The van der Waals surface area contributed by atoms with Crippen LogP contribution in [0.15, 0.2) is 17.8 Å². The second-order valence-electron chi connectivity index (χ2n) is 8.57. The Hall–Kier alpha value is -2.71. The van der Waals surface area contributed by atoms with Gasteiger partial charge in [-0.25, -0.2) is 14.9 Å². The van der Waals surface area contributed by atoms with Crippen molar-refractivity contribution in [2.75, 3.05) is 35.8 Å². The van der Waals surface area contributed by atoms with Gasteiger partial charge in [-0.2, -0.15) is 0 Å². The van der Waals surface area contributed by atoms with Crippen LogP contribution in [-0.2, 0) is 11.2 Å². The van der Waals surface area contributed by atoms with Crippen molar-refractivity contribution in [3.63, 3.8) is 0 Å². The first kappa shape index (κ1) is 23.1. The lowest BCUT2D eigenvalue weighted by Crippen LogP contribution is -2.50. The number of anilines is 3. The van der Waals surface area contributed by atoms with Gasteiger partial charge in [0, 0.05) is 43.2 Å². The van der Waals surface area contributed by atoms with Crippen molar-refractivity contribution in [3.8, 4) is 10.6 Å². The van der Waals surface area contributed by atoms with Gasteiger partial charge in [-0.3, -0.25) is 4.79 Å². The van der Waals surface area contributed by atoms with Gasteiger partial charge in [-0.15, -0.1) is 21.5 Å². The minimum absolute atomic E-state index is 0.0708. The Labute approximate surface area is 204 Å². The Morgan fingerprint density at radius 3 is 2.71 bits per heavy atom. The quantitative estimate of drug-likeness (QED) is 0.475. The average molecular weight is 503 g/mol. The number of hydrogen-bond acceptors (Lipinski definition) is 12. The van der Waals surface area contributed by atoms with Crippen LogP contribution in [-0.4, -0.2) is 74.2 Å². The molecule has 2 aliphatic heterocycles. The SMILES string of the molecule is C[C@H]1CCCN1c1ncc(-c2nnc(NC(=O)Cc3csc4c3[C@H](O)N(C)[C@H](O)N4C)s2)cn1. The fourth-order valence-corrected chi connectivity index (χ4v) is 6.15. The van der Waals surface area contributed by atoms with E-state index in [1.54, 1.807) is 31.4 Å². The number of aromatic nitrogens is 4. The number of carbonyl (C=O) groups is 1. The smallest absolute Gasteiger partial charge is 0.230 e. The number of amides is 1. The highest BCUT2D eigenvalue weighted by Gasteiger charge is 2.36. The number of hydrogen-bond donors (Lipinski definition) is 3. The summed E-state index contributed by atoms with van der Waals surface area (Å²) in [6.45, 7) is 3.14. The van der Waals surface area contributed by atoms with Gasteiger partial charge < -0.3 is 25.3 Å². The highest BCUT2D eigenvalue weighted by molar-refractivity contribution is 7.18. The van der Waals surface area contributed by atoms with Crippen molar-refractivity contribution >= 4 is 44.7 Å². The number of aliphatic hydroxyl groups is 2. The van der Waals surface area contributed by atoms with Crippen LogP contribution >= 0.6 is 22.7 Å². The van der Waals surface area contributed by atoms with Crippen LogP contribution < -0.4 is 15.1 Å². The van der Waals surface area contributed by atoms with Gasteiger partial charge in [-0.05, 0) is 37.8 Å². The molecule has 0 aliphatic carbocycles. The van der Waals surface area contributed by atoms with Crippen molar-refractivity contribution in [2.24, 2.45) is 0 Å². The maximum atomic E-state index is 12.7. The Morgan fingerprint density at radius 2 is 2.00 bits per heavy atom. The molecule has 1 saturated heterocycles. The maximum Gasteiger partial charge on any atom is 0.230 e. The molecule has 0 spiro atoms. The van der Waals surface area contributed by atoms with Gasteiger partial charge >= 0.3 is 0 Å². The first-order chi connectivity index (χ1) is 16.3. The lowest BCUT2D eigenvalue weighted by Gasteiger charge is -2.40. The van der Waals surface area contributed by atoms with E-state index in [0.29, 0.717) is 27.3 Å². The molecule has 11 nitrogen and oxygen atoms in total. The largest absolute Gasteiger partial charge is 0.374 e. The fraction of sp³-hybridized carbons (Fsp3) is 0.476. The third-order valence-electron chi connectivity index (χ3n) is 6.28. The number of aliphatic hydroxyl groups excluding tert-OH is 2. The minimum atomic E-state index is -0.991. The van der Waals surface area contributed by atoms with E-state index >= 15 is 0 Å². The standard InChI is InChI=1S/C21H26N8O3S2/c1-11-5-4-6-29(11)19-22-8-13(9-23-19)16-25-26-20(34-16)24-14(30)7-12-10-33-18-15(12)17(31)27(2)21(32)28(18)3/h8-11,17,21,31-32H,4-7H2,1-3H3,(H,24,26,30)/t11-,17-,21-/m0/s1. The van der Waals surface area contributed by atoms with Gasteiger partial charge in [0.1, 0.15) is 11.2 Å². The first-order valence-corrected chi connectivity index (χ1v) is 12.7. The van der Waals surface area contributed by atoms with Gasteiger partial charge in [0.15, 0.2) is 11.4 Å². The average Bonchev–Trinajstić information content (AvgIpc) is 3.57. The molecule has 3 aromatic heterocycles. The molecule has 0 bridgehead atoms. The molecule has 13 heteroatoms. The molecule has 2 aliphatic rings. The van der Waals surface area contributed by atoms with Gasteiger partial charge in [0.05, 0.1) is 6.42 Å². The van der Waals surface area contributed by atoms with Crippen LogP contribution in [0, 0.1) is 0 Å². The number of nitrogens with one attached hydrogen (secondary N) is 1. The third kappa shape index (κ3) is 4.14. The summed E-state index contributed by atoms with van der Waals surface area (Å²) in [5.41, 5.74) is 2.09. The van der Waals surface area contributed by atoms with Gasteiger partial charge in [0.25, 0.3) is 0 Å². The molecule has 1 fully saturated rings. The molecule has 0 saturated carbocycles. The Kier molecular flexibility index (Phi) is 6.20. The molecule has 0 aromatic carbocycles. The molecule has 3 N–H and O–H groups in total. The fourth-order valence-electron chi connectivity index (χ4n) is 4.32. The number of thiophene rings is 1. The summed E-state index contributed by atoms with van der Waals surface area (Å²) < 4.78 is 0. The van der Waals surface area contributed by atoms with Gasteiger partial charge in [-0.1, -0.05) is 11.3 Å². The van der Waals surface area contributed by atoms with E-state index in [4.69, 9.17) is 0 Å². The van der Waals surface area contributed by atoms with Crippen LogP contribution in [0.3, 0.4) is 0 Å². The highest BCUT2D eigenvalue weighted by atomic mass is 32.1. The van der Waals surface area contributed by atoms with Crippen LogP contribution in [0.5, 0.6) is 0 Å². The summed E-state index contributed by atoms with van der Waals surface area (Å²) in [6.07, 6.45) is 3.91. The topological polar surface area (TPSA) is 131 Å². The van der Waals surface area contributed by atoms with Crippen molar-refractivity contribution in [2.45, 2.75) is 44.8 Å². The summed E-state index contributed by atoms with van der Waals surface area (Å²) in [6, 6.07) is 0.440. The van der Waals surface area contributed by atoms with Crippen LogP contribution in [0.25, 0.3) is 10.6 Å². The molecule has 5 heterocycles. The second-order valence-corrected chi connectivity index (χ2v) is 10.4. The first-order valence-electron chi connectivity index (χ1n) is 11.0. The van der Waals surface area contributed by atoms with E-state index in [2.05, 4.69) is 37.3 Å². The summed E-state index contributed by atoms with van der Waals surface area (Å²) in [7, 11) is 3.37. The van der Waals surface area contributed by atoms with E-state index in [0.717, 1.165) is 35.9 Å². The lowest BCUT2D eigenvalue weighted by molar-refractivity contribution is -0.115. The number of carbonyl (C=O) groups excluding carboxylic acids is 1. The molecule has 180 valence electrons. The summed E-state index contributed by atoms with van der Waals surface area (Å²) in [5, 5.41) is 35.4. The molecule has 5 rings (SSSR count). The zero-order chi connectivity index (χ0) is 24.0. The molecule has 0 unspecified atom stereocenters. The molecular formula is C21H26N8O3S2. The van der Waals surface area contributed by atoms with Crippen molar-refractivity contribution in [1.29, 1.82) is 0 Å². The normalized spacial score (nSPS) is 22.8. The van der Waals surface area contributed by atoms with E-state index in [-0.39, 0.29) is 12.3 Å². The van der Waals surface area contributed by atoms with Crippen molar-refractivity contribution < 1.29 is 15.0 Å². The molecule has 3 atom stereocenters. The summed E-state index contributed by atoms with van der Waals surface area (Å²) in [5.74, 6) is 0.457. The molecule has 3 aromatic rings. The van der Waals surface area contributed by atoms with Crippen LogP contribution in [0.2, 0.25) is 0 Å². The lowest BCUT2D eigenvalue weighted by atomic mass is 10.1. The Bertz CT molecular complexity index is 1180. The Balaban J connectivity index is 1.25. The van der Waals surface area contributed by atoms with Crippen LogP contribution in [0.1, 0.15) is 37.1 Å².